The summed E-state index contributed by atoms with van der Waals surface area (Å²) >= 11 is 0. The van der Waals surface area contributed by atoms with E-state index in [4.69, 9.17) is 18.9 Å². The van der Waals surface area contributed by atoms with Crippen LogP contribution in [0.4, 0.5) is 0 Å². The maximum atomic E-state index is 5.69. The Hall–Kier alpha value is -0.160. The quantitative estimate of drug-likeness (QED) is 0.504. The summed E-state index contributed by atoms with van der Waals surface area (Å²) < 4.78 is 21.7. The van der Waals surface area contributed by atoms with Crippen molar-refractivity contribution in [3.05, 3.63) is 0 Å². The molecule has 0 atom stereocenters. The van der Waals surface area contributed by atoms with Crippen molar-refractivity contribution >= 4 is 0 Å². The minimum Gasteiger partial charge on any atom is -0.382 e. The van der Waals surface area contributed by atoms with E-state index < -0.39 is 0 Å². The minimum atomic E-state index is 0.304. The van der Waals surface area contributed by atoms with Gasteiger partial charge in [-0.3, -0.25) is 0 Å². The summed E-state index contributed by atoms with van der Waals surface area (Å²) in [6.45, 7) is 10.7. The molecular weight excluding hydrogens is 232 g/mol. The smallest absolute Gasteiger partial charge is 0.0566 e. The molecule has 0 aromatic rings. The molecule has 1 saturated heterocycles. The molecule has 0 radical (unpaired) electrons. The molecule has 0 saturated carbocycles. The molecule has 0 aromatic carbocycles. The molecule has 0 amide bonds. The van der Waals surface area contributed by atoms with Crippen LogP contribution in [0.15, 0.2) is 0 Å². The van der Waals surface area contributed by atoms with Crippen molar-refractivity contribution in [3.63, 3.8) is 0 Å². The van der Waals surface area contributed by atoms with E-state index in [2.05, 4.69) is 6.92 Å². The van der Waals surface area contributed by atoms with Gasteiger partial charge < -0.3 is 18.9 Å². The second kappa shape index (κ2) is 9.73. The van der Waals surface area contributed by atoms with Gasteiger partial charge in [-0.15, -0.1) is 0 Å². The topological polar surface area (TPSA) is 36.9 Å². The molecule has 1 heterocycles. The Kier molecular flexibility index (Phi) is 8.59. The molecule has 108 valence electrons. The summed E-state index contributed by atoms with van der Waals surface area (Å²) in [4.78, 5) is 0. The first kappa shape index (κ1) is 15.9. The van der Waals surface area contributed by atoms with Gasteiger partial charge in [0.1, 0.15) is 0 Å². The Balaban J connectivity index is 1.78. The largest absolute Gasteiger partial charge is 0.382 e. The molecule has 18 heavy (non-hydrogen) atoms. The van der Waals surface area contributed by atoms with Gasteiger partial charge in [0.2, 0.25) is 0 Å². The molecule has 0 N–H and O–H groups in total. The Morgan fingerprint density at radius 1 is 0.889 bits per heavy atom. The van der Waals surface area contributed by atoms with Crippen molar-refractivity contribution in [2.24, 2.45) is 5.41 Å². The van der Waals surface area contributed by atoms with Crippen LogP contribution in [0.3, 0.4) is 0 Å². The Morgan fingerprint density at radius 2 is 1.50 bits per heavy atom. The Labute approximate surface area is 111 Å². The summed E-state index contributed by atoms with van der Waals surface area (Å²) in [6, 6.07) is 0. The van der Waals surface area contributed by atoms with Gasteiger partial charge in [-0.2, -0.15) is 0 Å². The molecule has 0 spiro atoms. The van der Waals surface area contributed by atoms with E-state index in [1.165, 1.54) is 0 Å². The fourth-order valence-electron chi connectivity index (χ4n) is 1.84. The van der Waals surface area contributed by atoms with Gasteiger partial charge in [0, 0.05) is 38.4 Å². The van der Waals surface area contributed by atoms with E-state index in [1.54, 1.807) is 0 Å². The van der Waals surface area contributed by atoms with E-state index in [1.807, 2.05) is 6.92 Å². The third-order valence-electron chi connectivity index (χ3n) is 3.33. The zero-order valence-corrected chi connectivity index (χ0v) is 11.9. The van der Waals surface area contributed by atoms with Crippen LogP contribution in [-0.4, -0.2) is 52.9 Å². The SMILES string of the molecule is CCOCCCOCCCOCC1(CC)COC1. The third kappa shape index (κ3) is 6.14. The fraction of sp³-hybridized carbons (Fsp3) is 1.00. The standard InChI is InChI=1S/C14H28O4/c1-3-14(12-18-13-14)11-17-10-6-9-16-8-5-7-15-4-2/h3-13H2,1-2H3. The molecule has 4 heteroatoms. The summed E-state index contributed by atoms with van der Waals surface area (Å²) in [6.07, 6.45) is 3.08. The van der Waals surface area contributed by atoms with Crippen molar-refractivity contribution in [1.29, 1.82) is 0 Å². The number of hydrogen-bond acceptors (Lipinski definition) is 4. The lowest BCUT2D eigenvalue weighted by molar-refractivity contribution is -0.150. The van der Waals surface area contributed by atoms with Crippen LogP contribution in [0.5, 0.6) is 0 Å². The van der Waals surface area contributed by atoms with Gasteiger partial charge in [-0.05, 0) is 26.2 Å². The van der Waals surface area contributed by atoms with Crippen molar-refractivity contribution in [3.8, 4) is 0 Å². The van der Waals surface area contributed by atoms with Crippen LogP contribution in [0.1, 0.15) is 33.1 Å². The first-order chi connectivity index (χ1) is 8.83. The number of ether oxygens (including phenoxy) is 4. The monoisotopic (exact) mass is 260 g/mol. The highest BCUT2D eigenvalue weighted by molar-refractivity contribution is 4.83. The van der Waals surface area contributed by atoms with Gasteiger partial charge in [0.05, 0.1) is 19.8 Å². The predicted molar refractivity (Wildman–Crippen MR) is 70.9 cm³/mol. The molecule has 1 rings (SSSR count). The highest BCUT2D eigenvalue weighted by atomic mass is 16.5. The van der Waals surface area contributed by atoms with Crippen molar-refractivity contribution in [2.45, 2.75) is 33.1 Å². The Bertz CT molecular complexity index is 187. The van der Waals surface area contributed by atoms with E-state index >= 15 is 0 Å². The van der Waals surface area contributed by atoms with Gasteiger partial charge in [-0.1, -0.05) is 6.92 Å². The van der Waals surface area contributed by atoms with Crippen LogP contribution in [-0.2, 0) is 18.9 Å². The fourth-order valence-corrected chi connectivity index (χ4v) is 1.84. The maximum Gasteiger partial charge on any atom is 0.0566 e. The molecule has 4 nitrogen and oxygen atoms in total. The Morgan fingerprint density at radius 3 is 2.00 bits per heavy atom. The van der Waals surface area contributed by atoms with Crippen LogP contribution in [0, 0.1) is 5.41 Å². The minimum absolute atomic E-state index is 0.304. The molecule has 0 unspecified atom stereocenters. The van der Waals surface area contributed by atoms with Crippen molar-refractivity contribution in [2.75, 3.05) is 52.9 Å². The summed E-state index contributed by atoms with van der Waals surface area (Å²) in [5.74, 6) is 0. The van der Waals surface area contributed by atoms with Crippen molar-refractivity contribution < 1.29 is 18.9 Å². The van der Waals surface area contributed by atoms with Gasteiger partial charge in [0.25, 0.3) is 0 Å². The predicted octanol–water partition coefficient (Wildman–Crippen LogP) is 2.26. The van der Waals surface area contributed by atoms with E-state index in [0.717, 1.165) is 72.1 Å². The highest BCUT2D eigenvalue weighted by Gasteiger charge is 2.36. The average molecular weight is 260 g/mol. The lowest BCUT2D eigenvalue weighted by Crippen LogP contribution is -2.45. The molecule has 1 fully saturated rings. The maximum absolute atomic E-state index is 5.69. The van der Waals surface area contributed by atoms with Gasteiger partial charge in [-0.25, -0.2) is 0 Å². The molecule has 0 aliphatic carbocycles. The van der Waals surface area contributed by atoms with Gasteiger partial charge >= 0.3 is 0 Å². The van der Waals surface area contributed by atoms with E-state index in [0.29, 0.717) is 5.41 Å². The molecular formula is C14H28O4. The second-order valence-electron chi connectivity index (χ2n) is 4.92. The first-order valence-electron chi connectivity index (χ1n) is 7.14. The molecule has 0 aromatic heterocycles. The zero-order valence-electron chi connectivity index (χ0n) is 11.9. The lowest BCUT2D eigenvalue weighted by atomic mass is 9.84. The normalized spacial score (nSPS) is 17.7. The molecule has 1 aliphatic heterocycles. The summed E-state index contributed by atoms with van der Waals surface area (Å²) in [5, 5.41) is 0. The third-order valence-corrected chi connectivity index (χ3v) is 3.33. The highest BCUT2D eigenvalue weighted by Crippen LogP contribution is 2.31. The summed E-state index contributed by atoms with van der Waals surface area (Å²) in [7, 11) is 0. The number of rotatable bonds is 12. The van der Waals surface area contributed by atoms with E-state index in [9.17, 15) is 0 Å². The van der Waals surface area contributed by atoms with Crippen molar-refractivity contribution in [1.82, 2.24) is 0 Å². The first-order valence-corrected chi connectivity index (χ1v) is 7.14. The average Bonchev–Trinajstić information content (AvgIpc) is 2.34. The zero-order chi connectivity index (χ0) is 13.1. The van der Waals surface area contributed by atoms with Crippen LogP contribution in [0.25, 0.3) is 0 Å². The molecule has 1 aliphatic rings. The molecule has 0 bridgehead atoms. The second-order valence-corrected chi connectivity index (χ2v) is 4.92. The summed E-state index contributed by atoms with van der Waals surface area (Å²) in [5.41, 5.74) is 0.304. The van der Waals surface area contributed by atoms with E-state index in [-0.39, 0.29) is 0 Å². The van der Waals surface area contributed by atoms with Gasteiger partial charge in [0.15, 0.2) is 0 Å². The van der Waals surface area contributed by atoms with Crippen LogP contribution < -0.4 is 0 Å². The van der Waals surface area contributed by atoms with Crippen LogP contribution >= 0.6 is 0 Å². The number of hydrogen-bond donors (Lipinski definition) is 0. The lowest BCUT2D eigenvalue weighted by Gasteiger charge is -2.40. The van der Waals surface area contributed by atoms with Crippen LogP contribution in [0.2, 0.25) is 0 Å².